The van der Waals surface area contributed by atoms with Crippen molar-refractivity contribution in [3.63, 3.8) is 0 Å². The Labute approximate surface area is 152 Å². The van der Waals surface area contributed by atoms with E-state index in [1.165, 1.54) is 4.31 Å². The maximum Gasteiger partial charge on any atom is 0.276 e. The number of carbonyl (C=O) groups excluding carboxylic acids is 1. The number of carbonyl (C=O) groups is 1. The van der Waals surface area contributed by atoms with E-state index in [0.717, 1.165) is 0 Å². The molecule has 26 heavy (non-hydrogen) atoms. The number of nitrogens with zero attached hydrogens (tertiary/aromatic N) is 3. The summed E-state index contributed by atoms with van der Waals surface area (Å²) in [6.45, 7) is 4.77. The number of piperidine rings is 1. The van der Waals surface area contributed by atoms with E-state index in [4.69, 9.17) is 9.88 Å². The fraction of sp³-hybridized carbons (Fsp3) is 0.500. The Morgan fingerprint density at radius 2 is 2.12 bits per heavy atom. The molecule has 9 nitrogen and oxygen atoms in total. The zero-order valence-corrected chi connectivity index (χ0v) is 15.6. The van der Waals surface area contributed by atoms with E-state index in [1.54, 1.807) is 23.6 Å². The van der Waals surface area contributed by atoms with E-state index in [2.05, 4.69) is 10.3 Å². The number of nitrogens with two attached hydrogens (primary N) is 1. The smallest absolute Gasteiger partial charge is 0.276 e. The van der Waals surface area contributed by atoms with Crippen LogP contribution in [0.25, 0.3) is 5.65 Å². The lowest BCUT2D eigenvalue weighted by Gasteiger charge is -2.30. The predicted molar refractivity (Wildman–Crippen MR) is 96.3 cm³/mol. The molecule has 0 aromatic carbocycles. The molecule has 0 atom stereocenters. The van der Waals surface area contributed by atoms with Crippen LogP contribution in [0.2, 0.25) is 0 Å². The van der Waals surface area contributed by atoms with Crippen LogP contribution < -0.4 is 15.2 Å². The van der Waals surface area contributed by atoms with Crippen molar-refractivity contribution in [3.05, 3.63) is 29.7 Å². The molecule has 142 valence electrons. The molecule has 1 fully saturated rings. The van der Waals surface area contributed by atoms with Gasteiger partial charge in [-0.25, -0.2) is 10.1 Å². The number of hydrogen-bond donors (Lipinski definition) is 2. The Hall–Kier alpha value is -2.17. The quantitative estimate of drug-likeness (QED) is 0.779. The number of nitrogens with one attached hydrogen (secondary N) is 1. The normalized spacial score (nSPS) is 16.7. The predicted octanol–water partition coefficient (Wildman–Crippen LogP) is 0.439. The maximum absolute atomic E-state index is 12.8. The summed E-state index contributed by atoms with van der Waals surface area (Å²) in [5.74, 6) is 0.385. The molecular weight excluding hydrogens is 358 g/mol. The highest BCUT2D eigenvalue weighted by atomic mass is 32.2. The van der Waals surface area contributed by atoms with Crippen molar-refractivity contribution >= 4 is 21.8 Å². The van der Waals surface area contributed by atoms with E-state index in [9.17, 15) is 13.2 Å². The van der Waals surface area contributed by atoms with Crippen LogP contribution in [0.1, 0.15) is 35.9 Å². The number of hydrogen-bond acceptors (Lipinski definition) is 5. The minimum absolute atomic E-state index is 0.111. The lowest BCUT2D eigenvalue weighted by molar-refractivity contribution is 0.0917. The molecule has 1 amide bonds. The summed E-state index contributed by atoms with van der Waals surface area (Å²) in [6, 6.07) is 3.51. The number of fused-ring (bicyclic) bond motifs is 1. The van der Waals surface area contributed by atoms with Gasteiger partial charge in [-0.3, -0.25) is 9.20 Å². The van der Waals surface area contributed by atoms with Gasteiger partial charge in [0.25, 0.3) is 16.1 Å². The van der Waals surface area contributed by atoms with Crippen molar-refractivity contribution in [2.24, 2.45) is 5.14 Å². The summed E-state index contributed by atoms with van der Waals surface area (Å²) >= 11 is 0. The van der Waals surface area contributed by atoms with Crippen LogP contribution in [-0.4, -0.2) is 53.8 Å². The van der Waals surface area contributed by atoms with Gasteiger partial charge >= 0.3 is 0 Å². The first-order chi connectivity index (χ1) is 12.3. The van der Waals surface area contributed by atoms with Gasteiger partial charge in [0.05, 0.1) is 12.3 Å². The fourth-order valence-electron chi connectivity index (χ4n) is 3.21. The van der Waals surface area contributed by atoms with E-state index < -0.39 is 10.2 Å². The molecule has 10 heteroatoms. The summed E-state index contributed by atoms with van der Waals surface area (Å²) in [5, 5.41) is 8.12. The van der Waals surface area contributed by atoms with Gasteiger partial charge in [-0.05, 0) is 38.8 Å². The van der Waals surface area contributed by atoms with Crippen LogP contribution >= 0.6 is 0 Å². The molecule has 3 N–H and O–H groups in total. The van der Waals surface area contributed by atoms with Gasteiger partial charge in [-0.2, -0.15) is 12.7 Å². The minimum Gasteiger partial charge on any atom is -0.490 e. The first-order valence-corrected chi connectivity index (χ1v) is 10.0. The van der Waals surface area contributed by atoms with Crippen LogP contribution in [0.5, 0.6) is 5.75 Å². The number of rotatable bonds is 5. The molecule has 2 aromatic rings. The standard InChI is InChI=1S/C16H23N5O4S/c1-3-25-13-5-4-8-21-14(11(2)18-15(13)21)16(22)19-12-6-9-20(10-7-12)26(17,23)24/h4-5,8,12H,3,6-7,9-10H2,1-2H3,(H,19,22)(H2,17,23,24). The fourth-order valence-corrected chi connectivity index (χ4v) is 3.93. The molecule has 1 saturated heterocycles. The van der Waals surface area contributed by atoms with Gasteiger partial charge in [0.2, 0.25) is 0 Å². The summed E-state index contributed by atoms with van der Waals surface area (Å²) < 4.78 is 31.3. The average Bonchev–Trinajstić information content (AvgIpc) is 2.92. The van der Waals surface area contributed by atoms with Crippen LogP contribution in [0, 0.1) is 6.92 Å². The van der Waals surface area contributed by atoms with Crippen molar-refractivity contribution in [1.82, 2.24) is 19.0 Å². The maximum atomic E-state index is 12.8. The van der Waals surface area contributed by atoms with E-state index in [0.29, 0.717) is 55.3 Å². The molecule has 3 rings (SSSR count). The third-order valence-corrected chi connectivity index (χ3v) is 5.54. The van der Waals surface area contributed by atoms with Gasteiger partial charge in [0.1, 0.15) is 5.69 Å². The second-order valence-corrected chi connectivity index (χ2v) is 7.78. The van der Waals surface area contributed by atoms with E-state index >= 15 is 0 Å². The molecule has 3 heterocycles. The number of amides is 1. The van der Waals surface area contributed by atoms with E-state index in [-0.39, 0.29) is 11.9 Å². The second-order valence-electron chi connectivity index (χ2n) is 6.24. The molecule has 0 unspecified atom stereocenters. The molecule has 0 bridgehead atoms. The molecule has 0 saturated carbocycles. The molecule has 0 spiro atoms. The lowest BCUT2D eigenvalue weighted by atomic mass is 10.1. The minimum atomic E-state index is -3.67. The van der Waals surface area contributed by atoms with Crippen LogP contribution in [0.4, 0.5) is 0 Å². The number of pyridine rings is 1. The summed E-state index contributed by atoms with van der Waals surface area (Å²) in [5.41, 5.74) is 1.66. The van der Waals surface area contributed by atoms with Crippen LogP contribution in [0.3, 0.4) is 0 Å². The Bertz CT molecular complexity index is 916. The third kappa shape index (κ3) is 3.67. The number of ether oxygens (including phenoxy) is 1. The second kappa shape index (κ2) is 7.22. The van der Waals surface area contributed by atoms with Gasteiger partial charge in [-0.1, -0.05) is 0 Å². The third-order valence-electron chi connectivity index (χ3n) is 4.45. The first kappa shape index (κ1) is 18.6. The van der Waals surface area contributed by atoms with Crippen molar-refractivity contribution in [3.8, 4) is 5.75 Å². The highest BCUT2D eigenvalue weighted by Gasteiger charge is 2.28. The van der Waals surface area contributed by atoms with Gasteiger partial charge in [-0.15, -0.1) is 0 Å². The summed E-state index contributed by atoms with van der Waals surface area (Å²) in [6.07, 6.45) is 2.81. The molecule has 2 aromatic heterocycles. The van der Waals surface area contributed by atoms with Crippen molar-refractivity contribution < 1.29 is 17.9 Å². The SMILES string of the molecule is CCOc1cccn2c(C(=O)NC3CCN(S(N)(=O)=O)CC3)c(C)nc12. The van der Waals surface area contributed by atoms with Crippen LogP contribution in [-0.2, 0) is 10.2 Å². The topological polar surface area (TPSA) is 119 Å². The van der Waals surface area contributed by atoms with Crippen molar-refractivity contribution in [2.45, 2.75) is 32.7 Å². The Balaban J connectivity index is 1.77. The molecular formula is C16H23N5O4S. The van der Waals surface area contributed by atoms with Crippen molar-refractivity contribution in [2.75, 3.05) is 19.7 Å². The Morgan fingerprint density at radius 1 is 1.42 bits per heavy atom. The zero-order valence-electron chi connectivity index (χ0n) is 14.8. The lowest BCUT2D eigenvalue weighted by Crippen LogP contribution is -2.48. The number of aryl methyl sites for hydroxylation is 1. The molecule has 0 radical (unpaired) electrons. The number of imidazole rings is 1. The largest absolute Gasteiger partial charge is 0.490 e. The monoisotopic (exact) mass is 381 g/mol. The highest BCUT2D eigenvalue weighted by molar-refractivity contribution is 7.86. The average molecular weight is 381 g/mol. The molecule has 1 aliphatic heterocycles. The highest BCUT2D eigenvalue weighted by Crippen LogP contribution is 2.22. The van der Waals surface area contributed by atoms with Crippen molar-refractivity contribution in [1.29, 1.82) is 0 Å². The Morgan fingerprint density at radius 3 is 2.73 bits per heavy atom. The summed E-state index contributed by atoms with van der Waals surface area (Å²) in [4.78, 5) is 17.3. The van der Waals surface area contributed by atoms with Gasteiger partial charge < -0.3 is 10.1 Å². The van der Waals surface area contributed by atoms with Gasteiger partial charge in [0, 0.05) is 25.3 Å². The van der Waals surface area contributed by atoms with E-state index in [1.807, 2.05) is 13.0 Å². The molecule has 0 aliphatic carbocycles. The summed E-state index contributed by atoms with van der Waals surface area (Å²) in [7, 11) is -3.67. The number of aromatic nitrogens is 2. The zero-order chi connectivity index (χ0) is 18.9. The Kier molecular flexibility index (Phi) is 5.17. The van der Waals surface area contributed by atoms with Gasteiger partial charge in [0.15, 0.2) is 11.4 Å². The molecule has 1 aliphatic rings. The first-order valence-electron chi connectivity index (χ1n) is 8.50. The van der Waals surface area contributed by atoms with Crippen LogP contribution in [0.15, 0.2) is 18.3 Å².